The molecule has 0 radical (unpaired) electrons. The van der Waals surface area contributed by atoms with E-state index in [0.29, 0.717) is 5.92 Å². The summed E-state index contributed by atoms with van der Waals surface area (Å²) < 4.78 is 0. The Kier molecular flexibility index (Phi) is 4.67. The lowest BCUT2D eigenvalue weighted by Crippen LogP contribution is -2.37. The molecule has 1 aromatic rings. The molecule has 2 unspecified atom stereocenters. The van der Waals surface area contributed by atoms with Gasteiger partial charge < -0.3 is 5.11 Å². The summed E-state index contributed by atoms with van der Waals surface area (Å²) in [7, 11) is 0. The van der Waals surface area contributed by atoms with Crippen LogP contribution in [0.3, 0.4) is 0 Å². The average Bonchev–Trinajstić information content (AvgIpc) is 2.31. The lowest BCUT2D eigenvalue weighted by molar-refractivity contribution is -0.0189. The summed E-state index contributed by atoms with van der Waals surface area (Å²) >= 11 is 0. The Labute approximate surface area is 118 Å². The molecule has 0 aromatic heterocycles. The first-order valence-electron chi connectivity index (χ1n) is 7.75. The molecule has 1 aromatic carbocycles. The summed E-state index contributed by atoms with van der Waals surface area (Å²) in [5, 5.41) is 10.9. The van der Waals surface area contributed by atoms with Crippen LogP contribution < -0.4 is 0 Å². The van der Waals surface area contributed by atoms with Crippen molar-refractivity contribution in [1.29, 1.82) is 0 Å². The molecule has 1 aliphatic rings. The Bertz CT molecular complexity index is 393. The summed E-state index contributed by atoms with van der Waals surface area (Å²) in [4.78, 5) is 0. The predicted octanol–water partition coefficient (Wildman–Crippen LogP) is 4.50. The number of rotatable bonds is 4. The fourth-order valence-electron chi connectivity index (χ4n) is 3.58. The van der Waals surface area contributed by atoms with Crippen molar-refractivity contribution >= 4 is 0 Å². The third-order valence-electron chi connectivity index (χ3n) is 4.38. The Morgan fingerprint density at radius 3 is 2.58 bits per heavy atom. The number of aryl methyl sites for hydroxylation is 1. The van der Waals surface area contributed by atoms with Crippen molar-refractivity contribution in [3.63, 3.8) is 0 Å². The fourth-order valence-corrected chi connectivity index (χ4v) is 3.58. The highest BCUT2D eigenvalue weighted by Gasteiger charge is 2.34. The maximum absolute atomic E-state index is 10.9. The molecule has 0 saturated heterocycles. The lowest BCUT2D eigenvalue weighted by atomic mass is 9.73. The van der Waals surface area contributed by atoms with Gasteiger partial charge in [0.1, 0.15) is 0 Å². The van der Waals surface area contributed by atoms with Crippen molar-refractivity contribution < 1.29 is 5.11 Å². The number of hydrogen-bond donors (Lipinski definition) is 1. The molecule has 1 fully saturated rings. The maximum atomic E-state index is 10.9. The fraction of sp³-hybridized carbons (Fsp3) is 0.667. The van der Waals surface area contributed by atoms with Gasteiger partial charge in [-0.1, -0.05) is 56.5 Å². The minimum atomic E-state index is -0.465. The molecule has 1 aliphatic carbocycles. The molecule has 0 bridgehead atoms. The van der Waals surface area contributed by atoms with E-state index in [4.69, 9.17) is 0 Å². The Morgan fingerprint density at radius 1 is 1.26 bits per heavy atom. The average molecular weight is 260 g/mol. The van der Waals surface area contributed by atoms with E-state index >= 15 is 0 Å². The summed E-state index contributed by atoms with van der Waals surface area (Å²) in [6.45, 7) is 6.68. The molecule has 0 spiro atoms. The molecular formula is C18H28O. The minimum Gasteiger partial charge on any atom is -0.390 e. The number of benzene rings is 1. The van der Waals surface area contributed by atoms with Crippen molar-refractivity contribution in [3.8, 4) is 0 Å². The van der Waals surface area contributed by atoms with Gasteiger partial charge in [0.25, 0.3) is 0 Å². The second-order valence-corrected chi connectivity index (χ2v) is 6.98. The third kappa shape index (κ3) is 4.35. The molecule has 1 nitrogen and oxygen atoms in total. The molecular weight excluding hydrogens is 232 g/mol. The molecule has 0 aliphatic heterocycles. The SMILES string of the molecule is Cc1ccc(CC2(O)CCCC(CC(C)C)C2)cc1. The van der Waals surface area contributed by atoms with Gasteiger partial charge in [-0.05, 0) is 43.6 Å². The Morgan fingerprint density at radius 2 is 1.95 bits per heavy atom. The highest BCUT2D eigenvalue weighted by atomic mass is 16.3. The van der Waals surface area contributed by atoms with E-state index < -0.39 is 5.60 Å². The zero-order valence-corrected chi connectivity index (χ0v) is 12.7. The Balaban J connectivity index is 1.99. The maximum Gasteiger partial charge on any atom is 0.0690 e. The van der Waals surface area contributed by atoms with E-state index in [1.54, 1.807) is 0 Å². The van der Waals surface area contributed by atoms with Crippen LogP contribution in [0.25, 0.3) is 0 Å². The Hall–Kier alpha value is -0.820. The first-order valence-corrected chi connectivity index (χ1v) is 7.75. The predicted molar refractivity (Wildman–Crippen MR) is 81.2 cm³/mol. The van der Waals surface area contributed by atoms with Gasteiger partial charge in [0.2, 0.25) is 0 Å². The standard InChI is InChI=1S/C18H28O/c1-14(2)11-17-5-4-10-18(19,13-17)12-16-8-6-15(3)7-9-16/h6-9,14,17,19H,4-5,10-13H2,1-3H3. The van der Waals surface area contributed by atoms with Crippen LogP contribution in [-0.4, -0.2) is 10.7 Å². The molecule has 0 amide bonds. The van der Waals surface area contributed by atoms with Crippen LogP contribution in [0.1, 0.15) is 57.1 Å². The monoisotopic (exact) mass is 260 g/mol. The number of hydrogen-bond acceptors (Lipinski definition) is 1. The van der Waals surface area contributed by atoms with E-state index in [-0.39, 0.29) is 0 Å². The molecule has 19 heavy (non-hydrogen) atoms. The number of aliphatic hydroxyl groups is 1. The van der Waals surface area contributed by atoms with Gasteiger partial charge in [-0.25, -0.2) is 0 Å². The first-order chi connectivity index (χ1) is 8.97. The van der Waals surface area contributed by atoms with Crippen molar-refractivity contribution in [1.82, 2.24) is 0 Å². The van der Waals surface area contributed by atoms with Crippen molar-refractivity contribution in [2.75, 3.05) is 0 Å². The topological polar surface area (TPSA) is 20.2 Å². The van der Waals surface area contributed by atoms with Crippen LogP contribution in [-0.2, 0) is 6.42 Å². The zero-order chi connectivity index (χ0) is 13.9. The second kappa shape index (κ2) is 6.09. The highest BCUT2D eigenvalue weighted by molar-refractivity contribution is 5.23. The molecule has 1 N–H and O–H groups in total. The zero-order valence-electron chi connectivity index (χ0n) is 12.7. The van der Waals surface area contributed by atoms with Crippen LogP contribution in [0.15, 0.2) is 24.3 Å². The van der Waals surface area contributed by atoms with Crippen LogP contribution in [0, 0.1) is 18.8 Å². The van der Waals surface area contributed by atoms with Crippen LogP contribution in [0.2, 0.25) is 0 Å². The van der Waals surface area contributed by atoms with E-state index in [0.717, 1.165) is 25.2 Å². The molecule has 0 heterocycles. The van der Waals surface area contributed by atoms with Crippen LogP contribution in [0.5, 0.6) is 0 Å². The van der Waals surface area contributed by atoms with Gasteiger partial charge in [-0.15, -0.1) is 0 Å². The largest absolute Gasteiger partial charge is 0.390 e. The normalized spacial score (nSPS) is 27.7. The van der Waals surface area contributed by atoms with Crippen molar-refractivity contribution in [2.24, 2.45) is 11.8 Å². The van der Waals surface area contributed by atoms with Gasteiger partial charge in [0.05, 0.1) is 5.60 Å². The van der Waals surface area contributed by atoms with Gasteiger partial charge >= 0.3 is 0 Å². The van der Waals surface area contributed by atoms with Crippen molar-refractivity contribution in [2.45, 2.75) is 64.9 Å². The van der Waals surface area contributed by atoms with Crippen molar-refractivity contribution in [3.05, 3.63) is 35.4 Å². The van der Waals surface area contributed by atoms with E-state index in [9.17, 15) is 5.11 Å². The quantitative estimate of drug-likeness (QED) is 0.844. The van der Waals surface area contributed by atoms with E-state index in [2.05, 4.69) is 45.0 Å². The van der Waals surface area contributed by atoms with E-state index in [1.165, 1.54) is 30.4 Å². The smallest absolute Gasteiger partial charge is 0.0690 e. The summed E-state index contributed by atoms with van der Waals surface area (Å²) in [6, 6.07) is 8.62. The lowest BCUT2D eigenvalue weighted by Gasteiger charge is -2.37. The summed E-state index contributed by atoms with van der Waals surface area (Å²) in [5.74, 6) is 1.45. The molecule has 2 rings (SSSR count). The van der Waals surface area contributed by atoms with Gasteiger partial charge in [0.15, 0.2) is 0 Å². The molecule has 2 atom stereocenters. The van der Waals surface area contributed by atoms with Crippen LogP contribution in [0.4, 0.5) is 0 Å². The van der Waals surface area contributed by atoms with E-state index in [1.807, 2.05) is 0 Å². The summed E-state index contributed by atoms with van der Waals surface area (Å²) in [6.07, 6.45) is 6.51. The van der Waals surface area contributed by atoms with Gasteiger partial charge in [-0.3, -0.25) is 0 Å². The minimum absolute atomic E-state index is 0.465. The van der Waals surface area contributed by atoms with Gasteiger partial charge in [-0.2, -0.15) is 0 Å². The third-order valence-corrected chi connectivity index (χ3v) is 4.38. The second-order valence-electron chi connectivity index (χ2n) is 6.98. The molecule has 106 valence electrons. The highest BCUT2D eigenvalue weighted by Crippen LogP contribution is 2.37. The van der Waals surface area contributed by atoms with Crippen LogP contribution >= 0.6 is 0 Å². The molecule has 1 saturated carbocycles. The summed E-state index contributed by atoms with van der Waals surface area (Å²) in [5.41, 5.74) is 2.10. The first kappa shape index (κ1) is 14.6. The van der Waals surface area contributed by atoms with Gasteiger partial charge in [0, 0.05) is 6.42 Å². The molecule has 1 heteroatoms.